The van der Waals surface area contributed by atoms with Gasteiger partial charge in [0.25, 0.3) is 0 Å². The largest absolute Gasteiger partial charge is 0.450 e. The van der Waals surface area contributed by atoms with Crippen molar-refractivity contribution in [2.45, 2.75) is 13.8 Å². The van der Waals surface area contributed by atoms with E-state index in [1.54, 1.807) is 13.1 Å². The molecule has 0 spiro atoms. The summed E-state index contributed by atoms with van der Waals surface area (Å²) in [5.41, 5.74) is 0. The number of amides is 1. The van der Waals surface area contributed by atoms with Gasteiger partial charge in [-0.25, -0.2) is 9.78 Å². The fraction of sp³-hybridized carbons (Fsp3) is 0.429. The number of carbonyl (C=O) groups excluding carboxylic acids is 1. The third-order valence-corrected chi connectivity index (χ3v) is 1.93. The highest BCUT2D eigenvalue weighted by Crippen LogP contribution is 2.16. The van der Waals surface area contributed by atoms with E-state index in [9.17, 15) is 4.79 Å². The Hall–Kier alpha value is -1.10. The Morgan fingerprint density at radius 1 is 1.83 bits per heavy atom. The molecule has 1 heterocycles. The fourth-order valence-corrected chi connectivity index (χ4v) is 1.32. The molecule has 1 rings (SSSR count). The molecule has 0 saturated heterocycles. The minimum absolute atomic E-state index is 0.371. The fourth-order valence-electron chi connectivity index (χ4n) is 0.667. The zero-order chi connectivity index (χ0) is 8.97. The molecule has 0 aromatic carbocycles. The SMILES string of the molecule is CCOC(=O)Nc1ncc(C)s1. The first-order chi connectivity index (χ1) is 5.72. The Kier molecular flexibility index (Phi) is 3.04. The van der Waals surface area contributed by atoms with Crippen LogP contribution in [0.2, 0.25) is 0 Å². The molecule has 1 aromatic heterocycles. The summed E-state index contributed by atoms with van der Waals surface area (Å²) < 4.78 is 4.67. The van der Waals surface area contributed by atoms with Crippen molar-refractivity contribution in [3.63, 3.8) is 0 Å². The highest BCUT2D eigenvalue weighted by Gasteiger charge is 2.03. The van der Waals surface area contributed by atoms with Crippen LogP contribution in [0.4, 0.5) is 9.93 Å². The average molecular weight is 186 g/mol. The van der Waals surface area contributed by atoms with Gasteiger partial charge < -0.3 is 4.74 Å². The van der Waals surface area contributed by atoms with E-state index in [0.717, 1.165) is 4.88 Å². The molecule has 4 nitrogen and oxygen atoms in total. The third-order valence-electron chi connectivity index (χ3n) is 1.11. The number of hydrogen-bond donors (Lipinski definition) is 1. The Bertz CT molecular complexity index is 272. The van der Waals surface area contributed by atoms with Crippen molar-refractivity contribution in [3.8, 4) is 0 Å². The molecule has 0 unspecified atom stereocenters. The van der Waals surface area contributed by atoms with Crippen LogP contribution in [-0.4, -0.2) is 17.7 Å². The summed E-state index contributed by atoms with van der Waals surface area (Å²) in [5, 5.41) is 3.08. The van der Waals surface area contributed by atoms with Crippen LogP contribution in [0.3, 0.4) is 0 Å². The predicted molar refractivity (Wildman–Crippen MR) is 47.5 cm³/mol. The number of nitrogens with one attached hydrogen (secondary N) is 1. The quantitative estimate of drug-likeness (QED) is 0.768. The van der Waals surface area contributed by atoms with E-state index in [0.29, 0.717) is 11.7 Å². The molecule has 0 radical (unpaired) electrons. The van der Waals surface area contributed by atoms with Crippen LogP contribution in [0, 0.1) is 6.92 Å². The molecular formula is C7H10N2O2S. The zero-order valence-electron chi connectivity index (χ0n) is 6.96. The summed E-state index contributed by atoms with van der Waals surface area (Å²) in [7, 11) is 0. The van der Waals surface area contributed by atoms with Gasteiger partial charge in [0.05, 0.1) is 6.61 Å². The number of nitrogens with zero attached hydrogens (tertiary/aromatic N) is 1. The normalized spacial score (nSPS) is 9.50. The van der Waals surface area contributed by atoms with Crippen molar-refractivity contribution in [2.24, 2.45) is 0 Å². The van der Waals surface area contributed by atoms with Gasteiger partial charge in [0.1, 0.15) is 0 Å². The van der Waals surface area contributed by atoms with Gasteiger partial charge in [0.2, 0.25) is 0 Å². The van der Waals surface area contributed by atoms with Crippen LogP contribution in [0.25, 0.3) is 0 Å². The maximum Gasteiger partial charge on any atom is 0.413 e. The van der Waals surface area contributed by atoms with Crippen LogP contribution in [0.5, 0.6) is 0 Å². The van der Waals surface area contributed by atoms with Gasteiger partial charge in [0, 0.05) is 11.1 Å². The first-order valence-electron chi connectivity index (χ1n) is 3.58. The number of aryl methyl sites for hydroxylation is 1. The van der Waals surface area contributed by atoms with E-state index in [1.165, 1.54) is 11.3 Å². The Labute approximate surface area is 74.6 Å². The second kappa shape index (κ2) is 4.06. The summed E-state index contributed by atoms with van der Waals surface area (Å²) >= 11 is 1.42. The summed E-state index contributed by atoms with van der Waals surface area (Å²) in [5.74, 6) is 0. The van der Waals surface area contributed by atoms with Gasteiger partial charge >= 0.3 is 6.09 Å². The maximum atomic E-state index is 10.9. The standard InChI is InChI=1S/C7H10N2O2S/c1-3-11-7(10)9-6-8-4-5(2)12-6/h4H,3H2,1-2H3,(H,8,9,10). The molecule has 0 atom stereocenters. The van der Waals surface area contributed by atoms with Gasteiger partial charge in [-0.05, 0) is 13.8 Å². The van der Waals surface area contributed by atoms with Crippen LogP contribution >= 0.6 is 11.3 Å². The number of anilines is 1. The van der Waals surface area contributed by atoms with E-state index < -0.39 is 6.09 Å². The number of ether oxygens (including phenoxy) is 1. The molecule has 1 amide bonds. The zero-order valence-corrected chi connectivity index (χ0v) is 7.77. The molecule has 5 heteroatoms. The maximum absolute atomic E-state index is 10.9. The molecule has 0 aliphatic rings. The molecule has 1 N–H and O–H groups in total. The number of carbonyl (C=O) groups is 1. The topological polar surface area (TPSA) is 51.2 Å². The summed E-state index contributed by atoms with van der Waals surface area (Å²) in [6.45, 7) is 4.05. The van der Waals surface area contributed by atoms with Gasteiger partial charge in [0.15, 0.2) is 5.13 Å². The molecule has 0 aliphatic heterocycles. The van der Waals surface area contributed by atoms with E-state index in [4.69, 9.17) is 0 Å². The first-order valence-corrected chi connectivity index (χ1v) is 4.40. The second-order valence-electron chi connectivity index (χ2n) is 2.12. The monoisotopic (exact) mass is 186 g/mol. The van der Waals surface area contributed by atoms with Crippen molar-refractivity contribution in [1.29, 1.82) is 0 Å². The number of rotatable bonds is 2. The highest BCUT2D eigenvalue weighted by atomic mass is 32.1. The number of thiazole rings is 1. The Morgan fingerprint density at radius 3 is 3.08 bits per heavy atom. The minimum Gasteiger partial charge on any atom is -0.450 e. The van der Waals surface area contributed by atoms with Gasteiger partial charge in [-0.2, -0.15) is 0 Å². The minimum atomic E-state index is -0.452. The lowest BCUT2D eigenvalue weighted by Crippen LogP contribution is -2.12. The lowest BCUT2D eigenvalue weighted by Gasteiger charge is -1.99. The third kappa shape index (κ3) is 2.50. The molecule has 66 valence electrons. The van der Waals surface area contributed by atoms with Crippen LogP contribution in [0.1, 0.15) is 11.8 Å². The van der Waals surface area contributed by atoms with Gasteiger partial charge in [-0.15, -0.1) is 11.3 Å². The van der Waals surface area contributed by atoms with Crippen molar-refractivity contribution in [2.75, 3.05) is 11.9 Å². The average Bonchev–Trinajstić information content (AvgIpc) is 2.36. The summed E-state index contributed by atoms with van der Waals surface area (Å²) in [6.07, 6.45) is 1.25. The molecular weight excluding hydrogens is 176 g/mol. The van der Waals surface area contributed by atoms with Crippen molar-refractivity contribution >= 4 is 22.6 Å². The van der Waals surface area contributed by atoms with E-state index in [-0.39, 0.29) is 0 Å². The Morgan fingerprint density at radius 2 is 2.58 bits per heavy atom. The van der Waals surface area contributed by atoms with E-state index >= 15 is 0 Å². The molecule has 0 saturated carbocycles. The van der Waals surface area contributed by atoms with Crippen LogP contribution in [0.15, 0.2) is 6.20 Å². The lowest BCUT2D eigenvalue weighted by molar-refractivity contribution is 0.168. The summed E-state index contributed by atoms with van der Waals surface area (Å²) in [6, 6.07) is 0. The molecule has 0 fully saturated rings. The number of aromatic nitrogens is 1. The number of hydrogen-bond acceptors (Lipinski definition) is 4. The lowest BCUT2D eigenvalue weighted by atomic mass is 10.7. The molecule has 1 aromatic rings. The predicted octanol–water partition coefficient (Wildman–Crippen LogP) is 2.02. The van der Waals surface area contributed by atoms with Crippen molar-refractivity contribution in [1.82, 2.24) is 4.98 Å². The van der Waals surface area contributed by atoms with Crippen molar-refractivity contribution < 1.29 is 9.53 Å². The molecule has 12 heavy (non-hydrogen) atoms. The molecule has 0 bridgehead atoms. The summed E-state index contributed by atoms with van der Waals surface area (Å²) in [4.78, 5) is 15.9. The van der Waals surface area contributed by atoms with E-state index in [1.807, 2.05) is 6.92 Å². The molecule has 0 aliphatic carbocycles. The smallest absolute Gasteiger partial charge is 0.413 e. The van der Waals surface area contributed by atoms with Crippen LogP contribution < -0.4 is 5.32 Å². The van der Waals surface area contributed by atoms with Crippen molar-refractivity contribution in [3.05, 3.63) is 11.1 Å². The van der Waals surface area contributed by atoms with Gasteiger partial charge in [-0.3, -0.25) is 5.32 Å². The van der Waals surface area contributed by atoms with Crippen LogP contribution in [-0.2, 0) is 4.74 Å². The highest BCUT2D eigenvalue weighted by molar-refractivity contribution is 7.15. The second-order valence-corrected chi connectivity index (χ2v) is 3.36. The first kappa shape index (κ1) is 8.99. The Balaban J connectivity index is 2.46. The van der Waals surface area contributed by atoms with Gasteiger partial charge in [-0.1, -0.05) is 0 Å². The van der Waals surface area contributed by atoms with E-state index in [2.05, 4.69) is 15.0 Å².